The smallest absolute Gasteiger partial charge is 0.265 e. The molecule has 1 amide bonds. The predicted octanol–water partition coefficient (Wildman–Crippen LogP) is 5.01. The Hall–Kier alpha value is -3.73. The molecule has 0 spiro atoms. The van der Waals surface area contributed by atoms with Crippen molar-refractivity contribution in [2.75, 3.05) is 5.32 Å². The first-order chi connectivity index (χ1) is 14.1. The van der Waals surface area contributed by atoms with Crippen molar-refractivity contribution in [3.8, 4) is 17.0 Å². The number of aryl methyl sites for hydroxylation is 1. The molecule has 4 aromatic rings. The molecule has 5 nitrogen and oxygen atoms in total. The van der Waals surface area contributed by atoms with Gasteiger partial charge in [-0.2, -0.15) is 0 Å². The Morgan fingerprint density at radius 1 is 0.931 bits per heavy atom. The number of ether oxygens (including phenoxy) is 1. The molecule has 0 fully saturated rings. The van der Waals surface area contributed by atoms with Crippen LogP contribution in [0.3, 0.4) is 0 Å². The van der Waals surface area contributed by atoms with Crippen molar-refractivity contribution in [1.82, 2.24) is 9.97 Å². The first-order valence-corrected chi connectivity index (χ1v) is 9.45. The maximum atomic E-state index is 12.4. The van der Waals surface area contributed by atoms with Gasteiger partial charge in [0.25, 0.3) is 5.91 Å². The van der Waals surface area contributed by atoms with Crippen LogP contribution in [0.15, 0.2) is 79.0 Å². The molecule has 0 unspecified atom stereocenters. The summed E-state index contributed by atoms with van der Waals surface area (Å²) in [5.74, 6) is 0.423. The number of benzene rings is 3. The number of aromatic nitrogens is 2. The van der Waals surface area contributed by atoms with Gasteiger partial charge in [0.05, 0.1) is 22.9 Å². The van der Waals surface area contributed by atoms with E-state index in [2.05, 4.69) is 15.3 Å². The first-order valence-electron chi connectivity index (χ1n) is 9.45. The number of hydrogen-bond donors (Lipinski definition) is 1. The van der Waals surface area contributed by atoms with E-state index in [0.29, 0.717) is 5.75 Å². The third kappa shape index (κ3) is 4.41. The number of fused-ring (bicyclic) bond motifs is 1. The Labute approximate surface area is 169 Å². The summed E-state index contributed by atoms with van der Waals surface area (Å²) in [5.41, 5.74) is 5.34. The number of anilines is 1. The van der Waals surface area contributed by atoms with E-state index in [-0.39, 0.29) is 5.91 Å². The van der Waals surface area contributed by atoms with Crippen LogP contribution < -0.4 is 10.1 Å². The molecule has 0 aliphatic carbocycles. The van der Waals surface area contributed by atoms with Gasteiger partial charge in [0.2, 0.25) is 0 Å². The first kappa shape index (κ1) is 18.6. The lowest BCUT2D eigenvalue weighted by Gasteiger charge is -2.15. The van der Waals surface area contributed by atoms with Gasteiger partial charge in [-0.15, -0.1) is 0 Å². The van der Waals surface area contributed by atoms with Crippen molar-refractivity contribution in [2.45, 2.75) is 20.0 Å². The third-order valence-corrected chi connectivity index (χ3v) is 4.60. The van der Waals surface area contributed by atoms with E-state index in [9.17, 15) is 4.79 Å². The van der Waals surface area contributed by atoms with Crippen LogP contribution in [0.4, 0.5) is 5.69 Å². The number of amides is 1. The van der Waals surface area contributed by atoms with Gasteiger partial charge in [0, 0.05) is 11.3 Å². The maximum Gasteiger partial charge on any atom is 0.265 e. The van der Waals surface area contributed by atoms with E-state index in [1.165, 1.54) is 0 Å². The van der Waals surface area contributed by atoms with Crippen molar-refractivity contribution in [3.63, 3.8) is 0 Å². The van der Waals surface area contributed by atoms with Crippen molar-refractivity contribution < 1.29 is 9.53 Å². The standard InChI is InChI=1S/C24H21N3O2/c1-16-7-11-19(12-8-16)26-24(28)17(2)29-20-13-9-18(10-14-20)23-15-25-21-5-3-4-6-22(21)27-23/h3-15,17H,1-2H3,(H,26,28)/t17-/m0/s1. The second-order valence-electron chi connectivity index (χ2n) is 6.88. The van der Waals surface area contributed by atoms with Gasteiger partial charge < -0.3 is 10.1 Å². The van der Waals surface area contributed by atoms with Crippen LogP contribution in [0.1, 0.15) is 12.5 Å². The lowest BCUT2D eigenvalue weighted by atomic mass is 10.1. The molecule has 5 heteroatoms. The molecule has 1 N–H and O–H groups in total. The van der Waals surface area contributed by atoms with Crippen LogP contribution in [0, 0.1) is 6.92 Å². The molecule has 0 bridgehead atoms. The van der Waals surface area contributed by atoms with Gasteiger partial charge in [0.15, 0.2) is 6.10 Å². The van der Waals surface area contributed by atoms with Crippen molar-refractivity contribution in [3.05, 3.63) is 84.6 Å². The summed E-state index contributed by atoms with van der Waals surface area (Å²) in [5, 5.41) is 2.86. The van der Waals surface area contributed by atoms with Crippen LogP contribution in [0.5, 0.6) is 5.75 Å². The van der Waals surface area contributed by atoms with Crippen LogP contribution >= 0.6 is 0 Å². The minimum Gasteiger partial charge on any atom is -0.481 e. The van der Waals surface area contributed by atoms with Crippen molar-refractivity contribution in [2.24, 2.45) is 0 Å². The molecule has 0 aliphatic rings. The zero-order chi connectivity index (χ0) is 20.2. The van der Waals surface area contributed by atoms with Gasteiger partial charge in [-0.3, -0.25) is 9.78 Å². The number of rotatable bonds is 5. The monoisotopic (exact) mass is 383 g/mol. The second-order valence-corrected chi connectivity index (χ2v) is 6.88. The van der Waals surface area contributed by atoms with Crippen molar-refractivity contribution >= 4 is 22.6 Å². The number of carbonyl (C=O) groups is 1. The fraction of sp³-hybridized carbons (Fsp3) is 0.125. The average molecular weight is 383 g/mol. The normalized spacial score (nSPS) is 11.8. The zero-order valence-corrected chi connectivity index (χ0v) is 16.3. The van der Waals surface area contributed by atoms with Gasteiger partial charge in [-0.25, -0.2) is 4.98 Å². The number of nitrogens with one attached hydrogen (secondary N) is 1. The summed E-state index contributed by atoms with van der Waals surface area (Å²) >= 11 is 0. The quantitative estimate of drug-likeness (QED) is 0.526. The second kappa shape index (κ2) is 8.10. The lowest BCUT2D eigenvalue weighted by Crippen LogP contribution is -2.30. The molecule has 0 saturated carbocycles. The van der Waals surface area contributed by atoms with E-state index < -0.39 is 6.10 Å². The summed E-state index contributed by atoms with van der Waals surface area (Å²) in [6.45, 7) is 3.73. The van der Waals surface area contributed by atoms with Crippen LogP contribution in [0.25, 0.3) is 22.3 Å². The Bertz CT molecular complexity index is 1140. The van der Waals surface area contributed by atoms with E-state index >= 15 is 0 Å². The molecule has 0 aliphatic heterocycles. The molecule has 4 rings (SSSR count). The van der Waals surface area contributed by atoms with Crippen LogP contribution in [0.2, 0.25) is 0 Å². The Morgan fingerprint density at radius 3 is 2.34 bits per heavy atom. The SMILES string of the molecule is Cc1ccc(NC(=O)[C@H](C)Oc2ccc(-c3cnc4ccccc4n3)cc2)cc1. The fourth-order valence-electron chi connectivity index (χ4n) is 2.94. The van der Waals surface area contributed by atoms with Crippen LogP contribution in [-0.2, 0) is 4.79 Å². The topological polar surface area (TPSA) is 64.1 Å². The lowest BCUT2D eigenvalue weighted by molar-refractivity contribution is -0.122. The number of carbonyl (C=O) groups excluding carboxylic acids is 1. The Morgan fingerprint density at radius 2 is 1.62 bits per heavy atom. The van der Waals surface area contributed by atoms with E-state index in [1.54, 1.807) is 13.1 Å². The van der Waals surface area contributed by atoms with E-state index in [0.717, 1.165) is 33.5 Å². The minimum absolute atomic E-state index is 0.196. The molecule has 1 atom stereocenters. The van der Waals surface area contributed by atoms with E-state index in [4.69, 9.17) is 4.74 Å². The summed E-state index contributed by atoms with van der Waals surface area (Å²) in [6.07, 6.45) is 1.14. The van der Waals surface area contributed by atoms with Crippen LogP contribution in [-0.4, -0.2) is 22.0 Å². The third-order valence-electron chi connectivity index (χ3n) is 4.60. The molecule has 1 aromatic heterocycles. The Kier molecular flexibility index (Phi) is 5.20. The highest BCUT2D eigenvalue weighted by atomic mass is 16.5. The highest BCUT2D eigenvalue weighted by Crippen LogP contribution is 2.23. The highest BCUT2D eigenvalue weighted by molar-refractivity contribution is 5.94. The predicted molar refractivity (Wildman–Crippen MR) is 115 cm³/mol. The minimum atomic E-state index is -0.623. The number of hydrogen-bond acceptors (Lipinski definition) is 4. The molecule has 1 heterocycles. The molecule has 0 saturated heterocycles. The summed E-state index contributed by atoms with van der Waals surface area (Å²) < 4.78 is 5.79. The Balaban J connectivity index is 1.43. The number of para-hydroxylation sites is 2. The van der Waals surface area contributed by atoms with Gasteiger partial charge in [-0.1, -0.05) is 29.8 Å². The molecule has 3 aromatic carbocycles. The average Bonchev–Trinajstić information content (AvgIpc) is 2.75. The summed E-state index contributed by atoms with van der Waals surface area (Å²) in [6, 6.07) is 22.9. The highest BCUT2D eigenvalue weighted by Gasteiger charge is 2.15. The number of nitrogens with zero attached hydrogens (tertiary/aromatic N) is 2. The zero-order valence-electron chi connectivity index (χ0n) is 16.3. The summed E-state index contributed by atoms with van der Waals surface area (Å²) in [7, 11) is 0. The van der Waals surface area contributed by atoms with Gasteiger partial charge in [-0.05, 0) is 62.4 Å². The molecular weight excluding hydrogens is 362 g/mol. The van der Waals surface area contributed by atoms with Crippen molar-refractivity contribution in [1.29, 1.82) is 0 Å². The fourth-order valence-corrected chi connectivity index (χ4v) is 2.94. The van der Waals surface area contributed by atoms with Gasteiger partial charge >= 0.3 is 0 Å². The van der Waals surface area contributed by atoms with Gasteiger partial charge in [0.1, 0.15) is 5.75 Å². The maximum absolute atomic E-state index is 12.4. The largest absolute Gasteiger partial charge is 0.481 e. The van der Waals surface area contributed by atoms with E-state index in [1.807, 2.05) is 79.7 Å². The molecule has 0 radical (unpaired) electrons. The molecule has 144 valence electrons. The molecular formula is C24H21N3O2. The summed E-state index contributed by atoms with van der Waals surface area (Å²) in [4.78, 5) is 21.5. The molecule has 29 heavy (non-hydrogen) atoms.